The zero-order chi connectivity index (χ0) is 12.8. The molecule has 2 unspecified atom stereocenters. The maximum Gasteiger partial charge on any atom is 0.0808 e. The number of aliphatic hydroxyl groups is 1. The minimum atomic E-state index is 0.00353. The molecule has 1 aliphatic rings. The molecular formula is C13H20ClNO2. The summed E-state index contributed by atoms with van der Waals surface area (Å²) < 4.78 is 5.72. The second kappa shape index (κ2) is 6.97. The predicted octanol–water partition coefficient (Wildman–Crippen LogP) is 2.30. The molecule has 1 aliphatic carbocycles. The van der Waals surface area contributed by atoms with Crippen molar-refractivity contribution >= 4 is 11.6 Å². The maximum absolute atomic E-state index is 7.00. The van der Waals surface area contributed by atoms with E-state index in [9.17, 15) is 0 Å². The molecule has 0 aromatic heterocycles. The molecule has 1 aromatic rings. The van der Waals surface area contributed by atoms with Crippen LogP contribution >= 0.6 is 11.6 Å². The van der Waals surface area contributed by atoms with Gasteiger partial charge in [0.1, 0.15) is 0 Å². The molecule has 0 saturated heterocycles. The number of aliphatic hydroxyl groups excluding tert-OH is 1. The number of hydrogen-bond acceptors (Lipinski definition) is 3. The molecule has 0 bridgehead atoms. The number of hydrogen-bond donors (Lipinski definition) is 2. The molecule has 0 amide bonds. The molecule has 0 fully saturated rings. The standard InChI is InChI=1S/C12H16ClNO.CH4O/c1-2-5-15-11-7-8-6-9(13)3-4-10(8)12(11)14;1-2/h3-4,6,11-12H,2,5,7,14H2,1H3;2H,1H3. The summed E-state index contributed by atoms with van der Waals surface area (Å²) in [5.74, 6) is 0. The van der Waals surface area contributed by atoms with Crippen LogP contribution in [0.2, 0.25) is 5.02 Å². The van der Waals surface area contributed by atoms with Crippen LogP contribution in [0.1, 0.15) is 30.5 Å². The van der Waals surface area contributed by atoms with Gasteiger partial charge >= 0.3 is 0 Å². The van der Waals surface area contributed by atoms with E-state index in [-0.39, 0.29) is 12.1 Å². The fourth-order valence-corrected chi connectivity index (χ4v) is 2.25. The van der Waals surface area contributed by atoms with Crippen LogP contribution in [0.25, 0.3) is 0 Å². The normalized spacial score (nSPS) is 21.7. The zero-order valence-electron chi connectivity index (χ0n) is 10.3. The minimum absolute atomic E-state index is 0.00353. The van der Waals surface area contributed by atoms with Crippen LogP contribution in [0, 0.1) is 0 Å². The van der Waals surface area contributed by atoms with E-state index in [1.807, 2.05) is 18.2 Å². The molecule has 0 saturated carbocycles. The van der Waals surface area contributed by atoms with Crippen molar-refractivity contribution in [2.75, 3.05) is 13.7 Å². The van der Waals surface area contributed by atoms with Gasteiger partial charge < -0.3 is 15.6 Å². The molecule has 17 heavy (non-hydrogen) atoms. The summed E-state index contributed by atoms with van der Waals surface area (Å²) in [6.07, 6.45) is 2.04. The number of nitrogens with two attached hydrogens (primary N) is 1. The van der Waals surface area contributed by atoms with E-state index in [0.29, 0.717) is 0 Å². The van der Waals surface area contributed by atoms with E-state index in [0.717, 1.165) is 31.6 Å². The third kappa shape index (κ3) is 3.42. The van der Waals surface area contributed by atoms with Crippen LogP contribution in [0.5, 0.6) is 0 Å². The van der Waals surface area contributed by atoms with Gasteiger partial charge in [0, 0.05) is 25.2 Å². The highest BCUT2D eigenvalue weighted by molar-refractivity contribution is 6.30. The summed E-state index contributed by atoms with van der Waals surface area (Å²) in [7, 11) is 1.00. The monoisotopic (exact) mass is 257 g/mol. The highest BCUT2D eigenvalue weighted by atomic mass is 35.5. The summed E-state index contributed by atoms with van der Waals surface area (Å²) in [5.41, 5.74) is 8.53. The van der Waals surface area contributed by atoms with Crippen molar-refractivity contribution < 1.29 is 9.84 Å². The largest absolute Gasteiger partial charge is 0.400 e. The lowest BCUT2D eigenvalue weighted by atomic mass is 10.1. The van der Waals surface area contributed by atoms with E-state index < -0.39 is 0 Å². The third-order valence-electron chi connectivity index (χ3n) is 2.82. The first-order valence-corrected chi connectivity index (χ1v) is 6.20. The van der Waals surface area contributed by atoms with E-state index >= 15 is 0 Å². The Morgan fingerprint density at radius 2 is 2.18 bits per heavy atom. The molecule has 2 rings (SSSR count). The van der Waals surface area contributed by atoms with Gasteiger partial charge in [0.15, 0.2) is 0 Å². The van der Waals surface area contributed by atoms with Gasteiger partial charge in [-0.2, -0.15) is 0 Å². The van der Waals surface area contributed by atoms with Crippen molar-refractivity contribution in [3.05, 3.63) is 34.3 Å². The number of halogens is 1. The van der Waals surface area contributed by atoms with Crippen molar-refractivity contribution in [2.24, 2.45) is 5.73 Å². The first kappa shape index (κ1) is 14.5. The number of fused-ring (bicyclic) bond motifs is 1. The summed E-state index contributed by atoms with van der Waals surface area (Å²) in [6, 6.07) is 5.90. The van der Waals surface area contributed by atoms with Gasteiger partial charge in [0.05, 0.1) is 12.1 Å². The summed E-state index contributed by atoms with van der Waals surface area (Å²) in [6.45, 7) is 2.88. The molecule has 96 valence electrons. The van der Waals surface area contributed by atoms with E-state index in [2.05, 4.69) is 6.92 Å². The molecule has 3 N–H and O–H groups in total. The van der Waals surface area contributed by atoms with Crippen molar-refractivity contribution in [3.63, 3.8) is 0 Å². The Morgan fingerprint density at radius 1 is 1.47 bits per heavy atom. The van der Waals surface area contributed by atoms with Crippen molar-refractivity contribution in [1.29, 1.82) is 0 Å². The molecule has 0 aliphatic heterocycles. The first-order chi connectivity index (χ1) is 8.22. The molecule has 0 heterocycles. The van der Waals surface area contributed by atoms with Crippen molar-refractivity contribution in [3.8, 4) is 0 Å². The number of rotatable bonds is 3. The van der Waals surface area contributed by atoms with Crippen LogP contribution in [0.3, 0.4) is 0 Å². The second-order valence-corrected chi connectivity index (χ2v) is 4.42. The average molecular weight is 258 g/mol. The topological polar surface area (TPSA) is 55.5 Å². The lowest BCUT2D eigenvalue weighted by Crippen LogP contribution is -2.25. The number of ether oxygens (including phenoxy) is 1. The zero-order valence-corrected chi connectivity index (χ0v) is 11.1. The quantitative estimate of drug-likeness (QED) is 0.874. The molecule has 2 atom stereocenters. The molecular weight excluding hydrogens is 238 g/mol. The molecule has 4 heteroatoms. The molecule has 3 nitrogen and oxygen atoms in total. The summed E-state index contributed by atoms with van der Waals surface area (Å²) >= 11 is 5.94. The van der Waals surface area contributed by atoms with E-state index in [1.165, 1.54) is 11.1 Å². The Hall–Kier alpha value is -0.610. The predicted molar refractivity (Wildman–Crippen MR) is 70.3 cm³/mol. The lowest BCUT2D eigenvalue weighted by molar-refractivity contribution is 0.0441. The van der Waals surface area contributed by atoms with Crippen LogP contribution in [0.4, 0.5) is 0 Å². The SMILES string of the molecule is CCCOC1Cc2cc(Cl)ccc2C1N.CO. The third-order valence-corrected chi connectivity index (χ3v) is 3.06. The highest BCUT2D eigenvalue weighted by Crippen LogP contribution is 2.33. The van der Waals surface area contributed by atoms with E-state index in [4.69, 9.17) is 27.2 Å². The van der Waals surface area contributed by atoms with Crippen LogP contribution in [-0.2, 0) is 11.2 Å². The summed E-state index contributed by atoms with van der Waals surface area (Å²) in [4.78, 5) is 0. The lowest BCUT2D eigenvalue weighted by Gasteiger charge is -2.16. The van der Waals surface area contributed by atoms with Crippen LogP contribution < -0.4 is 5.73 Å². The summed E-state index contributed by atoms with van der Waals surface area (Å²) in [5, 5.41) is 7.78. The fourth-order valence-electron chi connectivity index (χ4n) is 2.05. The fraction of sp³-hybridized carbons (Fsp3) is 0.538. The smallest absolute Gasteiger partial charge is 0.0808 e. The highest BCUT2D eigenvalue weighted by Gasteiger charge is 2.30. The average Bonchev–Trinajstić information content (AvgIpc) is 2.65. The van der Waals surface area contributed by atoms with Gasteiger partial charge in [-0.1, -0.05) is 24.6 Å². The minimum Gasteiger partial charge on any atom is -0.400 e. The Balaban J connectivity index is 0.000000686. The van der Waals surface area contributed by atoms with Crippen molar-refractivity contribution in [2.45, 2.75) is 31.9 Å². The molecule has 0 spiro atoms. The Bertz CT molecular complexity index is 357. The Morgan fingerprint density at radius 3 is 2.82 bits per heavy atom. The number of benzene rings is 1. The van der Waals surface area contributed by atoms with Gasteiger partial charge in [-0.25, -0.2) is 0 Å². The Kier molecular flexibility index (Phi) is 5.92. The van der Waals surface area contributed by atoms with Crippen LogP contribution in [0.15, 0.2) is 18.2 Å². The van der Waals surface area contributed by atoms with Gasteiger partial charge in [0.25, 0.3) is 0 Å². The van der Waals surface area contributed by atoms with Gasteiger partial charge in [0.2, 0.25) is 0 Å². The van der Waals surface area contributed by atoms with E-state index in [1.54, 1.807) is 0 Å². The second-order valence-electron chi connectivity index (χ2n) is 3.98. The maximum atomic E-state index is 7.00. The van der Waals surface area contributed by atoms with Gasteiger partial charge in [-0.15, -0.1) is 0 Å². The van der Waals surface area contributed by atoms with Crippen molar-refractivity contribution in [1.82, 2.24) is 0 Å². The van der Waals surface area contributed by atoms with Gasteiger partial charge in [-0.3, -0.25) is 0 Å². The first-order valence-electron chi connectivity index (χ1n) is 5.82. The van der Waals surface area contributed by atoms with Crippen LogP contribution in [-0.4, -0.2) is 24.9 Å². The molecule has 1 aromatic carbocycles. The van der Waals surface area contributed by atoms with Gasteiger partial charge in [-0.05, 0) is 29.7 Å². The molecule has 0 radical (unpaired) electrons. The Labute approximate surface area is 108 Å².